The lowest BCUT2D eigenvalue weighted by Crippen LogP contribution is -2.51. The molecule has 0 radical (unpaired) electrons. The van der Waals surface area contributed by atoms with Gasteiger partial charge < -0.3 is 19.0 Å². The van der Waals surface area contributed by atoms with Crippen LogP contribution in [0.3, 0.4) is 0 Å². The summed E-state index contributed by atoms with van der Waals surface area (Å²) < 4.78 is 35.6. The van der Waals surface area contributed by atoms with Crippen molar-refractivity contribution in [1.29, 1.82) is 0 Å². The maximum Gasteiger partial charge on any atom is 0.314 e. The van der Waals surface area contributed by atoms with Crippen LogP contribution in [0.4, 0.5) is 13.9 Å². The number of anilines is 1. The smallest absolute Gasteiger partial charge is 0.314 e. The Morgan fingerprint density at radius 3 is 2.71 bits per heavy atom. The number of carbonyl (C=O) groups is 1. The Hall–Kier alpha value is -2.14. The lowest BCUT2D eigenvalue weighted by Gasteiger charge is -2.36. The molecular weight excluding hydrogens is 392 g/mol. The number of rotatable bonds is 4. The minimum atomic E-state index is -2.79. The van der Waals surface area contributed by atoms with Gasteiger partial charge in [0.25, 0.3) is 11.8 Å². The van der Waals surface area contributed by atoms with Gasteiger partial charge >= 0.3 is 6.43 Å². The SMILES string of the molecule is O=C(C1CCOCC1)N1CC2CC1CN2c1ncc(-c2nnc(C(F)F)o2)s1. The van der Waals surface area contributed by atoms with Gasteiger partial charge in [0.1, 0.15) is 4.88 Å². The molecular formula is C17H19F2N5O3S. The fourth-order valence-electron chi connectivity index (χ4n) is 4.27. The van der Waals surface area contributed by atoms with E-state index in [1.54, 1.807) is 6.20 Å². The third kappa shape index (κ3) is 3.06. The quantitative estimate of drug-likeness (QED) is 0.764. The van der Waals surface area contributed by atoms with Crippen molar-refractivity contribution in [2.75, 3.05) is 31.2 Å². The summed E-state index contributed by atoms with van der Waals surface area (Å²) in [7, 11) is 0. The summed E-state index contributed by atoms with van der Waals surface area (Å²) in [6.45, 7) is 2.76. The zero-order chi connectivity index (χ0) is 19.3. The van der Waals surface area contributed by atoms with Gasteiger partial charge in [-0.15, -0.1) is 10.2 Å². The molecule has 2 unspecified atom stereocenters. The zero-order valence-electron chi connectivity index (χ0n) is 15.0. The first kappa shape index (κ1) is 17.9. The Labute approximate surface area is 163 Å². The van der Waals surface area contributed by atoms with E-state index in [1.165, 1.54) is 11.3 Å². The van der Waals surface area contributed by atoms with Gasteiger partial charge in [-0.2, -0.15) is 8.78 Å². The number of amides is 1. The Bertz CT molecular complexity index is 869. The molecule has 0 saturated carbocycles. The first-order chi connectivity index (χ1) is 13.6. The van der Waals surface area contributed by atoms with Crippen molar-refractivity contribution in [2.45, 2.75) is 37.8 Å². The second-order valence-electron chi connectivity index (χ2n) is 7.33. The van der Waals surface area contributed by atoms with Crippen molar-refractivity contribution in [3.8, 4) is 10.8 Å². The van der Waals surface area contributed by atoms with Gasteiger partial charge in [0.15, 0.2) is 5.13 Å². The number of aromatic nitrogens is 3. The Morgan fingerprint density at radius 2 is 2.04 bits per heavy atom. The fraction of sp³-hybridized carbons (Fsp3) is 0.647. The van der Waals surface area contributed by atoms with E-state index >= 15 is 0 Å². The molecule has 8 nitrogen and oxygen atoms in total. The van der Waals surface area contributed by atoms with Crippen molar-refractivity contribution in [3.05, 3.63) is 12.1 Å². The number of halogens is 2. The Balaban J connectivity index is 1.26. The number of thiazole rings is 1. The van der Waals surface area contributed by atoms with Crippen molar-refractivity contribution in [3.63, 3.8) is 0 Å². The third-order valence-electron chi connectivity index (χ3n) is 5.67. The van der Waals surface area contributed by atoms with Crippen LogP contribution in [0, 0.1) is 5.92 Å². The van der Waals surface area contributed by atoms with Gasteiger partial charge in [-0.1, -0.05) is 11.3 Å². The maximum absolute atomic E-state index is 12.8. The number of nitrogens with zero attached hydrogens (tertiary/aromatic N) is 5. The molecule has 0 aromatic carbocycles. The molecule has 3 fully saturated rings. The van der Waals surface area contributed by atoms with Gasteiger partial charge in [-0.25, -0.2) is 4.98 Å². The van der Waals surface area contributed by atoms with Gasteiger partial charge in [0.05, 0.1) is 18.3 Å². The summed E-state index contributed by atoms with van der Waals surface area (Å²) in [4.78, 5) is 22.0. The molecule has 3 saturated heterocycles. The van der Waals surface area contributed by atoms with Crippen LogP contribution in [0.2, 0.25) is 0 Å². The first-order valence-electron chi connectivity index (χ1n) is 9.33. The van der Waals surface area contributed by atoms with Crippen LogP contribution >= 0.6 is 11.3 Å². The summed E-state index contributed by atoms with van der Waals surface area (Å²) in [5.41, 5.74) is 0. The summed E-state index contributed by atoms with van der Waals surface area (Å²) in [5.74, 6) is -0.303. The predicted octanol–water partition coefficient (Wildman–Crippen LogP) is 2.35. The monoisotopic (exact) mass is 411 g/mol. The highest BCUT2D eigenvalue weighted by Crippen LogP contribution is 2.39. The van der Waals surface area contributed by atoms with E-state index < -0.39 is 12.3 Å². The van der Waals surface area contributed by atoms with E-state index in [1.807, 2.05) is 4.90 Å². The second kappa shape index (κ2) is 7.03. The van der Waals surface area contributed by atoms with Gasteiger partial charge in [0.2, 0.25) is 5.91 Å². The van der Waals surface area contributed by atoms with Gasteiger partial charge in [-0.05, 0) is 19.3 Å². The number of hydrogen-bond acceptors (Lipinski definition) is 8. The fourth-order valence-corrected chi connectivity index (χ4v) is 5.19. The third-order valence-corrected chi connectivity index (χ3v) is 6.69. The highest BCUT2D eigenvalue weighted by molar-refractivity contribution is 7.18. The second-order valence-corrected chi connectivity index (χ2v) is 8.34. The number of carbonyl (C=O) groups excluding carboxylic acids is 1. The van der Waals surface area contributed by atoms with Crippen LogP contribution < -0.4 is 4.90 Å². The van der Waals surface area contributed by atoms with Crippen LogP contribution in [-0.2, 0) is 9.53 Å². The molecule has 1 amide bonds. The molecule has 0 spiro atoms. The minimum Gasteiger partial charge on any atom is -0.414 e. The summed E-state index contributed by atoms with van der Waals surface area (Å²) in [6, 6.07) is 0.425. The van der Waals surface area contributed by atoms with Crippen molar-refractivity contribution in [2.24, 2.45) is 5.92 Å². The summed E-state index contributed by atoms with van der Waals surface area (Å²) in [6.07, 6.45) is 1.32. The summed E-state index contributed by atoms with van der Waals surface area (Å²) >= 11 is 1.34. The minimum absolute atomic E-state index is 0.0553. The van der Waals surface area contributed by atoms with E-state index in [9.17, 15) is 13.6 Å². The van der Waals surface area contributed by atoms with E-state index in [0.717, 1.165) is 30.9 Å². The standard InChI is InChI=1S/C17H19F2N5O3S/c18-13(19)15-22-21-14(27-15)12-6-20-17(28-12)24-8-10-5-11(24)7-23(10)16(25)9-1-3-26-4-2-9/h6,9-11,13H,1-5,7-8H2. The van der Waals surface area contributed by atoms with E-state index in [2.05, 4.69) is 20.1 Å². The Kier molecular flexibility index (Phi) is 4.50. The lowest BCUT2D eigenvalue weighted by atomic mass is 9.98. The van der Waals surface area contributed by atoms with Crippen LogP contribution in [0.5, 0.6) is 0 Å². The topological polar surface area (TPSA) is 84.6 Å². The average Bonchev–Trinajstić information content (AvgIpc) is 3.50. The van der Waals surface area contributed by atoms with Crippen molar-refractivity contribution >= 4 is 22.4 Å². The van der Waals surface area contributed by atoms with Crippen LogP contribution in [-0.4, -0.2) is 64.4 Å². The van der Waals surface area contributed by atoms with Gasteiger partial charge in [-0.3, -0.25) is 4.79 Å². The normalized spacial score (nSPS) is 25.2. The highest BCUT2D eigenvalue weighted by atomic mass is 32.1. The van der Waals surface area contributed by atoms with Crippen LogP contribution in [0.25, 0.3) is 10.8 Å². The van der Waals surface area contributed by atoms with Crippen LogP contribution in [0.1, 0.15) is 31.6 Å². The van der Waals surface area contributed by atoms with Crippen molar-refractivity contribution in [1.82, 2.24) is 20.1 Å². The molecule has 2 aromatic heterocycles. The average molecular weight is 411 g/mol. The molecule has 0 aliphatic carbocycles. The number of alkyl halides is 2. The number of likely N-dealkylation sites (tertiary alicyclic amines) is 1. The largest absolute Gasteiger partial charge is 0.414 e. The molecule has 3 aliphatic heterocycles. The molecule has 2 aromatic rings. The van der Waals surface area contributed by atoms with E-state index in [0.29, 0.717) is 24.6 Å². The number of hydrogen-bond donors (Lipinski definition) is 0. The maximum atomic E-state index is 12.8. The molecule has 5 heterocycles. The zero-order valence-corrected chi connectivity index (χ0v) is 15.8. The van der Waals surface area contributed by atoms with Gasteiger partial charge in [0, 0.05) is 32.2 Å². The van der Waals surface area contributed by atoms with Crippen molar-refractivity contribution < 1.29 is 22.7 Å². The molecule has 5 rings (SSSR count). The first-order valence-corrected chi connectivity index (χ1v) is 10.1. The number of piperazine rings is 1. The molecule has 2 atom stereocenters. The van der Waals surface area contributed by atoms with E-state index in [4.69, 9.17) is 9.15 Å². The molecule has 150 valence electrons. The number of ether oxygens (including phenoxy) is 1. The Morgan fingerprint density at radius 1 is 1.21 bits per heavy atom. The van der Waals surface area contributed by atoms with E-state index in [-0.39, 0.29) is 29.8 Å². The molecule has 11 heteroatoms. The molecule has 28 heavy (non-hydrogen) atoms. The highest BCUT2D eigenvalue weighted by Gasteiger charge is 2.47. The predicted molar refractivity (Wildman–Crippen MR) is 95.2 cm³/mol. The number of fused-ring (bicyclic) bond motifs is 2. The lowest BCUT2D eigenvalue weighted by molar-refractivity contribution is -0.139. The molecule has 2 bridgehead atoms. The molecule has 3 aliphatic rings. The molecule has 0 N–H and O–H groups in total. The van der Waals surface area contributed by atoms with Crippen LogP contribution in [0.15, 0.2) is 10.6 Å². The summed E-state index contributed by atoms with van der Waals surface area (Å²) in [5, 5.41) is 7.82.